The van der Waals surface area contributed by atoms with Crippen molar-refractivity contribution in [2.75, 3.05) is 6.54 Å². The third-order valence-electron chi connectivity index (χ3n) is 2.02. The molecule has 104 valence electrons. The molecular formula is C9H12F3NO3S2. The number of aliphatic hydroxyl groups is 1. The van der Waals surface area contributed by atoms with Crippen LogP contribution in [0.5, 0.6) is 0 Å². The molecule has 0 bridgehead atoms. The first kappa shape index (κ1) is 15.4. The molecule has 18 heavy (non-hydrogen) atoms. The number of aliphatic hydroxyl groups excluding tert-OH is 1. The highest BCUT2D eigenvalue weighted by molar-refractivity contribution is 7.89. The maximum atomic E-state index is 11.8. The van der Waals surface area contributed by atoms with Crippen LogP contribution in [0, 0.1) is 0 Å². The van der Waals surface area contributed by atoms with Gasteiger partial charge in [-0.05, 0) is 12.5 Å². The second kappa shape index (κ2) is 6.00. The van der Waals surface area contributed by atoms with Crippen molar-refractivity contribution in [1.82, 2.24) is 4.72 Å². The summed E-state index contributed by atoms with van der Waals surface area (Å²) in [6.07, 6.45) is -5.61. The number of hydrogen-bond donors (Lipinski definition) is 2. The molecule has 1 aromatic heterocycles. The highest BCUT2D eigenvalue weighted by Crippen LogP contribution is 2.21. The van der Waals surface area contributed by atoms with Gasteiger partial charge in [0.1, 0.15) is 0 Å². The summed E-state index contributed by atoms with van der Waals surface area (Å²) in [5.41, 5.74) is 0. The first-order valence-electron chi connectivity index (χ1n) is 4.99. The molecule has 2 N–H and O–H groups in total. The lowest BCUT2D eigenvalue weighted by molar-refractivity contribution is -0.135. The first-order chi connectivity index (χ1) is 8.24. The molecule has 0 saturated heterocycles. The van der Waals surface area contributed by atoms with Crippen LogP contribution in [0.2, 0.25) is 0 Å². The van der Waals surface area contributed by atoms with Crippen LogP contribution < -0.4 is 4.72 Å². The van der Waals surface area contributed by atoms with Gasteiger partial charge in [0, 0.05) is 23.2 Å². The van der Waals surface area contributed by atoms with E-state index in [9.17, 15) is 21.6 Å². The maximum absolute atomic E-state index is 11.8. The van der Waals surface area contributed by atoms with E-state index >= 15 is 0 Å². The molecule has 0 fully saturated rings. The fourth-order valence-electron chi connectivity index (χ4n) is 1.16. The van der Waals surface area contributed by atoms with Crippen LogP contribution in [0.1, 0.15) is 17.7 Å². The fraction of sp³-hybridized carbons (Fsp3) is 0.556. The van der Waals surface area contributed by atoms with Crippen molar-refractivity contribution in [2.24, 2.45) is 0 Å². The predicted octanol–water partition coefficient (Wildman–Crippen LogP) is 1.86. The first-order valence-corrected chi connectivity index (χ1v) is 7.35. The Morgan fingerprint density at radius 1 is 1.39 bits per heavy atom. The lowest BCUT2D eigenvalue weighted by Gasteiger charge is -2.07. The van der Waals surface area contributed by atoms with Crippen LogP contribution in [-0.2, 0) is 16.6 Å². The van der Waals surface area contributed by atoms with Crippen molar-refractivity contribution in [1.29, 1.82) is 0 Å². The van der Waals surface area contributed by atoms with Crippen LogP contribution in [0.4, 0.5) is 13.2 Å². The van der Waals surface area contributed by atoms with Crippen molar-refractivity contribution >= 4 is 21.4 Å². The summed E-state index contributed by atoms with van der Waals surface area (Å²) in [5.74, 6) is 0. The number of rotatable bonds is 6. The van der Waals surface area contributed by atoms with Gasteiger partial charge >= 0.3 is 6.18 Å². The molecule has 0 atom stereocenters. The molecule has 1 rings (SSSR count). The van der Waals surface area contributed by atoms with Gasteiger partial charge in [-0.2, -0.15) is 13.2 Å². The SMILES string of the molecule is O=S(=O)(NCCCC(F)(F)F)c1csc(CO)c1. The molecule has 1 heterocycles. The topological polar surface area (TPSA) is 66.4 Å². The van der Waals surface area contributed by atoms with E-state index in [1.54, 1.807) is 0 Å². The number of thiophene rings is 1. The Kier molecular flexibility index (Phi) is 5.14. The van der Waals surface area contributed by atoms with Gasteiger partial charge in [-0.3, -0.25) is 0 Å². The second-order valence-corrected chi connectivity index (χ2v) is 6.29. The van der Waals surface area contributed by atoms with Crippen LogP contribution in [0.25, 0.3) is 0 Å². The summed E-state index contributed by atoms with van der Waals surface area (Å²) in [7, 11) is -3.79. The van der Waals surface area contributed by atoms with Crippen molar-refractivity contribution in [3.05, 3.63) is 16.3 Å². The van der Waals surface area contributed by atoms with Crippen LogP contribution in [0.3, 0.4) is 0 Å². The van der Waals surface area contributed by atoms with E-state index < -0.39 is 22.6 Å². The largest absolute Gasteiger partial charge is 0.391 e. The van der Waals surface area contributed by atoms with E-state index in [-0.39, 0.29) is 24.5 Å². The molecule has 0 saturated carbocycles. The molecule has 4 nitrogen and oxygen atoms in total. The van der Waals surface area contributed by atoms with E-state index in [0.29, 0.717) is 4.88 Å². The molecule has 0 aliphatic rings. The van der Waals surface area contributed by atoms with Gasteiger partial charge in [0.05, 0.1) is 11.5 Å². The zero-order valence-corrected chi connectivity index (χ0v) is 10.8. The Bertz CT molecular complexity index is 481. The van der Waals surface area contributed by atoms with E-state index in [1.807, 2.05) is 0 Å². The third kappa shape index (κ3) is 4.92. The summed E-state index contributed by atoms with van der Waals surface area (Å²) in [5, 5.41) is 10.1. The van der Waals surface area contributed by atoms with E-state index in [4.69, 9.17) is 5.11 Å². The lowest BCUT2D eigenvalue weighted by atomic mass is 10.3. The number of nitrogens with one attached hydrogen (secondary N) is 1. The number of alkyl halides is 3. The zero-order chi connectivity index (χ0) is 13.8. The second-order valence-electron chi connectivity index (χ2n) is 3.52. The monoisotopic (exact) mass is 303 g/mol. The maximum Gasteiger partial charge on any atom is 0.389 e. The number of sulfonamides is 1. The standard InChI is InChI=1S/C9H12F3NO3S2/c10-9(11,12)2-1-3-13-18(15,16)8-4-7(5-14)17-6-8/h4,6,13-14H,1-3,5H2. The highest BCUT2D eigenvalue weighted by Gasteiger charge is 2.26. The van der Waals surface area contributed by atoms with Crippen LogP contribution in [-0.4, -0.2) is 26.2 Å². The minimum atomic E-state index is -4.28. The Balaban J connectivity index is 2.50. The molecule has 0 aliphatic carbocycles. The average Bonchev–Trinajstić information content (AvgIpc) is 2.72. The normalized spacial score (nSPS) is 12.9. The Morgan fingerprint density at radius 3 is 2.56 bits per heavy atom. The van der Waals surface area contributed by atoms with Crippen LogP contribution in [0.15, 0.2) is 16.3 Å². The van der Waals surface area contributed by atoms with Crippen molar-refractivity contribution in [3.63, 3.8) is 0 Å². The van der Waals surface area contributed by atoms with E-state index in [0.717, 1.165) is 11.3 Å². The van der Waals surface area contributed by atoms with Gasteiger partial charge in [0.25, 0.3) is 0 Å². The lowest BCUT2D eigenvalue weighted by Crippen LogP contribution is -2.25. The van der Waals surface area contributed by atoms with E-state index in [2.05, 4.69) is 4.72 Å². The minimum Gasteiger partial charge on any atom is -0.391 e. The Labute approximate surface area is 106 Å². The van der Waals surface area contributed by atoms with Crippen LogP contribution >= 0.6 is 11.3 Å². The molecule has 0 aliphatic heterocycles. The molecule has 9 heteroatoms. The summed E-state index contributed by atoms with van der Waals surface area (Å²) in [6, 6.07) is 1.29. The van der Waals surface area contributed by atoms with Gasteiger partial charge in [0.15, 0.2) is 0 Å². The average molecular weight is 303 g/mol. The Morgan fingerprint density at radius 2 is 2.06 bits per heavy atom. The smallest absolute Gasteiger partial charge is 0.389 e. The van der Waals surface area contributed by atoms with Gasteiger partial charge in [0.2, 0.25) is 10.0 Å². The molecule has 0 unspecified atom stereocenters. The van der Waals surface area contributed by atoms with Gasteiger partial charge in [-0.1, -0.05) is 0 Å². The quantitative estimate of drug-likeness (QED) is 0.788. The summed E-state index contributed by atoms with van der Waals surface area (Å²) < 4.78 is 60.9. The molecule has 1 aromatic rings. The minimum absolute atomic E-state index is 0.0384. The van der Waals surface area contributed by atoms with Crippen molar-refractivity contribution in [2.45, 2.75) is 30.5 Å². The molecule has 0 spiro atoms. The third-order valence-corrected chi connectivity index (χ3v) is 4.54. The van der Waals surface area contributed by atoms with Crippen molar-refractivity contribution in [3.8, 4) is 0 Å². The number of halogens is 3. The zero-order valence-electron chi connectivity index (χ0n) is 9.20. The van der Waals surface area contributed by atoms with Gasteiger partial charge < -0.3 is 5.11 Å². The molecule has 0 aromatic carbocycles. The Hall–Kier alpha value is -0.640. The number of hydrogen-bond acceptors (Lipinski definition) is 4. The summed E-state index contributed by atoms with van der Waals surface area (Å²) in [4.78, 5) is 0.439. The van der Waals surface area contributed by atoms with E-state index in [1.165, 1.54) is 11.4 Å². The summed E-state index contributed by atoms with van der Waals surface area (Å²) >= 11 is 1.07. The van der Waals surface area contributed by atoms with Crippen molar-refractivity contribution < 1.29 is 26.7 Å². The fourth-order valence-corrected chi connectivity index (χ4v) is 3.37. The highest BCUT2D eigenvalue weighted by atomic mass is 32.2. The van der Waals surface area contributed by atoms with Gasteiger partial charge in [-0.25, -0.2) is 13.1 Å². The van der Waals surface area contributed by atoms with Gasteiger partial charge in [-0.15, -0.1) is 11.3 Å². The predicted molar refractivity (Wildman–Crippen MR) is 60.7 cm³/mol. The molecule has 0 amide bonds. The molecular weight excluding hydrogens is 291 g/mol. The molecule has 0 radical (unpaired) electrons. The summed E-state index contributed by atoms with van der Waals surface area (Å²) in [6.45, 7) is -0.541.